The lowest BCUT2D eigenvalue weighted by atomic mass is 9.81. The van der Waals surface area contributed by atoms with Crippen LogP contribution in [0, 0.1) is 12.3 Å². The van der Waals surface area contributed by atoms with Crippen LogP contribution in [0.15, 0.2) is 4.47 Å². The van der Waals surface area contributed by atoms with Crippen LogP contribution < -0.4 is 5.32 Å². The van der Waals surface area contributed by atoms with E-state index in [0.29, 0.717) is 6.04 Å². The van der Waals surface area contributed by atoms with Gasteiger partial charge in [-0.1, -0.05) is 20.8 Å². The standard InChI is InChI=1S/C14H26BrN3/c1-7-16-10(2)8-14(4,5)9-12-13(15)11(3)17-18(12)6/h10,16H,7-9H2,1-6H3. The summed E-state index contributed by atoms with van der Waals surface area (Å²) in [5.41, 5.74) is 2.63. The van der Waals surface area contributed by atoms with Gasteiger partial charge in [-0.2, -0.15) is 5.10 Å². The van der Waals surface area contributed by atoms with Crippen molar-refractivity contribution >= 4 is 15.9 Å². The molecule has 18 heavy (non-hydrogen) atoms. The van der Waals surface area contributed by atoms with Crippen molar-refractivity contribution in [2.75, 3.05) is 6.54 Å². The van der Waals surface area contributed by atoms with Gasteiger partial charge in [0.25, 0.3) is 0 Å². The van der Waals surface area contributed by atoms with E-state index < -0.39 is 0 Å². The first-order chi connectivity index (χ1) is 8.26. The van der Waals surface area contributed by atoms with E-state index in [9.17, 15) is 0 Å². The molecule has 1 atom stereocenters. The van der Waals surface area contributed by atoms with Crippen molar-refractivity contribution in [3.05, 3.63) is 15.9 Å². The number of rotatable bonds is 6. The van der Waals surface area contributed by atoms with Crippen LogP contribution in [0.5, 0.6) is 0 Å². The predicted molar refractivity (Wildman–Crippen MR) is 80.9 cm³/mol. The highest BCUT2D eigenvalue weighted by Crippen LogP contribution is 2.31. The Balaban J connectivity index is 2.75. The maximum absolute atomic E-state index is 4.46. The molecule has 1 heterocycles. The monoisotopic (exact) mass is 315 g/mol. The van der Waals surface area contributed by atoms with Crippen molar-refractivity contribution in [2.45, 2.75) is 53.5 Å². The van der Waals surface area contributed by atoms with Crippen LogP contribution in [-0.4, -0.2) is 22.4 Å². The number of hydrogen-bond donors (Lipinski definition) is 1. The molecule has 0 aromatic carbocycles. The highest BCUT2D eigenvalue weighted by Gasteiger charge is 2.25. The average molecular weight is 316 g/mol. The van der Waals surface area contributed by atoms with Gasteiger partial charge < -0.3 is 5.32 Å². The third-order valence-electron chi connectivity index (χ3n) is 3.32. The van der Waals surface area contributed by atoms with Crippen molar-refractivity contribution in [3.63, 3.8) is 0 Å². The smallest absolute Gasteiger partial charge is 0.0738 e. The topological polar surface area (TPSA) is 29.9 Å². The van der Waals surface area contributed by atoms with E-state index in [0.717, 1.165) is 29.6 Å². The normalized spacial score (nSPS) is 13.9. The van der Waals surface area contributed by atoms with Crippen LogP contribution in [-0.2, 0) is 13.5 Å². The second-order valence-electron chi connectivity index (χ2n) is 5.97. The van der Waals surface area contributed by atoms with Gasteiger partial charge in [-0.3, -0.25) is 4.68 Å². The predicted octanol–water partition coefficient (Wildman–Crippen LogP) is 3.45. The summed E-state index contributed by atoms with van der Waals surface area (Å²) in [4.78, 5) is 0. The van der Waals surface area contributed by atoms with E-state index in [1.54, 1.807) is 0 Å². The third-order valence-corrected chi connectivity index (χ3v) is 4.35. The molecule has 0 fully saturated rings. The van der Waals surface area contributed by atoms with Crippen LogP contribution in [0.3, 0.4) is 0 Å². The van der Waals surface area contributed by atoms with Crippen LogP contribution in [0.4, 0.5) is 0 Å². The number of halogens is 1. The molecule has 3 nitrogen and oxygen atoms in total. The molecule has 0 saturated heterocycles. The van der Waals surface area contributed by atoms with Crippen molar-refractivity contribution in [2.24, 2.45) is 12.5 Å². The number of aromatic nitrogens is 2. The molecule has 1 aromatic heterocycles. The molecule has 1 unspecified atom stereocenters. The number of aryl methyl sites for hydroxylation is 2. The third kappa shape index (κ3) is 4.09. The van der Waals surface area contributed by atoms with Gasteiger partial charge in [0.2, 0.25) is 0 Å². The molecule has 104 valence electrons. The minimum atomic E-state index is 0.268. The summed E-state index contributed by atoms with van der Waals surface area (Å²) in [5.74, 6) is 0. The Labute approximate surface area is 119 Å². The van der Waals surface area contributed by atoms with E-state index in [2.05, 4.69) is 54.0 Å². The number of hydrogen-bond acceptors (Lipinski definition) is 2. The van der Waals surface area contributed by atoms with Gasteiger partial charge in [0.15, 0.2) is 0 Å². The van der Waals surface area contributed by atoms with Crippen molar-refractivity contribution in [1.82, 2.24) is 15.1 Å². The molecule has 1 aromatic rings. The van der Waals surface area contributed by atoms with E-state index in [1.807, 2.05) is 18.7 Å². The average Bonchev–Trinajstić information content (AvgIpc) is 2.44. The van der Waals surface area contributed by atoms with Crippen molar-refractivity contribution in [1.29, 1.82) is 0 Å². The van der Waals surface area contributed by atoms with Crippen LogP contribution >= 0.6 is 15.9 Å². The molecule has 1 rings (SSSR count). The Morgan fingerprint density at radius 3 is 2.50 bits per heavy atom. The zero-order chi connectivity index (χ0) is 13.9. The minimum Gasteiger partial charge on any atom is -0.315 e. The Kier molecular flexibility index (Phi) is 5.41. The summed E-state index contributed by atoms with van der Waals surface area (Å²) in [6, 6.07) is 0.554. The van der Waals surface area contributed by atoms with Crippen LogP contribution in [0.2, 0.25) is 0 Å². The first-order valence-corrected chi connectivity index (χ1v) is 7.47. The van der Waals surface area contributed by atoms with E-state index in [1.165, 1.54) is 5.69 Å². The molecule has 0 aliphatic heterocycles. The van der Waals surface area contributed by atoms with E-state index in [-0.39, 0.29) is 5.41 Å². The Hall–Kier alpha value is -0.350. The van der Waals surface area contributed by atoms with Gasteiger partial charge in [0.05, 0.1) is 15.9 Å². The van der Waals surface area contributed by atoms with Crippen LogP contribution in [0.1, 0.15) is 45.5 Å². The van der Waals surface area contributed by atoms with Gasteiger partial charge in [0.1, 0.15) is 0 Å². The molecule has 0 spiro atoms. The largest absolute Gasteiger partial charge is 0.315 e. The first kappa shape index (κ1) is 15.7. The molecule has 0 aliphatic rings. The van der Waals surface area contributed by atoms with E-state index in [4.69, 9.17) is 0 Å². The summed E-state index contributed by atoms with van der Waals surface area (Å²) < 4.78 is 3.16. The molecular formula is C14H26BrN3. The minimum absolute atomic E-state index is 0.268. The second kappa shape index (κ2) is 6.20. The zero-order valence-corrected chi connectivity index (χ0v) is 14.1. The maximum Gasteiger partial charge on any atom is 0.0738 e. The molecule has 0 saturated carbocycles. The van der Waals surface area contributed by atoms with Gasteiger partial charge in [0, 0.05) is 13.1 Å². The summed E-state index contributed by atoms with van der Waals surface area (Å²) in [6.45, 7) is 12.2. The summed E-state index contributed by atoms with van der Waals surface area (Å²) in [7, 11) is 2.02. The van der Waals surface area contributed by atoms with Gasteiger partial charge in [-0.15, -0.1) is 0 Å². The molecule has 0 aliphatic carbocycles. The quantitative estimate of drug-likeness (QED) is 0.871. The summed E-state index contributed by atoms with van der Waals surface area (Å²) in [5, 5.41) is 7.95. The first-order valence-electron chi connectivity index (χ1n) is 6.68. The molecular weight excluding hydrogens is 290 g/mol. The number of nitrogens with zero attached hydrogens (tertiary/aromatic N) is 2. The van der Waals surface area contributed by atoms with Crippen molar-refractivity contribution in [3.8, 4) is 0 Å². The number of nitrogens with one attached hydrogen (secondary N) is 1. The SMILES string of the molecule is CCNC(C)CC(C)(C)Cc1c(Br)c(C)nn1C. The molecule has 0 radical (unpaired) electrons. The molecule has 1 N–H and O–H groups in total. The highest BCUT2D eigenvalue weighted by molar-refractivity contribution is 9.10. The zero-order valence-electron chi connectivity index (χ0n) is 12.5. The maximum atomic E-state index is 4.46. The van der Waals surface area contributed by atoms with Crippen LogP contribution in [0.25, 0.3) is 0 Å². The fourth-order valence-corrected chi connectivity index (χ4v) is 3.12. The Morgan fingerprint density at radius 1 is 1.44 bits per heavy atom. The molecule has 0 bridgehead atoms. The fraction of sp³-hybridized carbons (Fsp3) is 0.786. The van der Waals surface area contributed by atoms with Gasteiger partial charge >= 0.3 is 0 Å². The summed E-state index contributed by atoms with van der Waals surface area (Å²) >= 11 is 3.65. The molecule has 4 heteroatoms. The second-order valence-corrected chi connectivity index (χ2v) is 6.77. The lowest BCUT2D eigenvalue weighted by molar-refractivity contribution is 0.282. The Morgan fingerprint density at radius 2 is 2.06 bits per heavy atom. The Bertz CT molecular complexity index is 396. The molecule has 0 amide bonds. The highest BCUT2D eigenvalue weighted by atomic mass is 79.9. The lowest BCUT2D eigenvalue weighted by Crippen LogP contribution is -2.32. The van der Waals surface area contributed by atoms with Gasteiger partial charge in [-0.05, 0) is 54.6 Å². The van der Waals surface area contributed by atoms with Gasteiger partial charge in [-0.25, -0.2) is 0 Å². The lowest BCUT2D eigenvalue weighted by Gasteiger charge is -2.28. The van der Waals surface area contributed by atoms with Crippen molar-refractivity contribution < 1.29 is 0 Å². The van der Waals surface area contributed by atoms with E-state index >= 15 is 0 Å². The summed E-state index contributed by atoms with van der Waals surface area (Å²) in [6.07, 6.45) is 2.21. The fourth-order valence-electron chi connectivity index (χ4n) is 2.65.